The molecule has 4 aromatic rings. The molecule has 0 spiro atoms. The van der Waals surface area contributed by atoms with Crippen LogP contribution in [-0.2, 0) is 39.1 Å². The lowest BCUT2D eigenvalue weighted by atomic mass is 10.1. The average molecular weight is 595 g/mol. The van der Waals surface area contributed by atoms with E-state index in [1.165, 1.54) is 18.2 Å². The van der Waals surface area contributed by atoms with Gasteiger partial charge < -0.3 is 9.30 Å². The molecular formula is C27H19Cl2F3N2O4S. The Kier molecular flexibility index (Phi) is 7.47. The average Bonchev–Trinajstić information content (AvgIpc) is 3.19. The van der Waals surface area contributed by atoms with E-state index >= 15 is 0 Å². The standard InChI is InChI=1S/C27H19Cl2F3N2O4S/c28-17-3-1-16(22(29)10-17)13-34-25-7-8-38-14-21(25)20-11-18(30)9-15(27(20)34)2-6-26(35)33-39(36,37)19-4-5-23(31)24(32)12-19/h1-6,9-12H,7-8,13-14H2,(H,33,35)/b6-2+. The van der Waals surface area contributed by atoms with E-state index in [4.69, 9.17) is 27.9 Å². The van der Waals surface area contributed by atoms with Crippen LogP contribution in [0.3, 0.4) is 0 Å². The van der Waals surface area contributed by atoms with Crippen molar-refractivity contribution in [2.24, 2.45) is 0 Å². The smallest absolute Gasteiger partial charge is 0.264 e. The lowest BCUT2D eigenvalue weighted by molar-refractivity contribution is -0.114. The van der Waals surface area contributed by atoms with Gasteiger partial charge in [-0.05, 0) is 54.1 Å². The maximum atomic E-state index is 14.7. The van der Waals surface area contributed by atoms with Crippen molar-refractivity contribution >= 4 is 56.1 Å². The van der Waals surface area contributed by atoms with Gasteiger partial charge in [0.25, 0.3) is 15.9 Å². The zero-order valence-corrected chi connectivity index (χ0v) is 22.3. The number of carbonyl (C=O) groups excluding carboxylic acids is 1. The predicted molar refractivity (Wildman–Crippen MR) is 142 cm³/mol. The Morgan fingerprint density at radius 2 is 1.85 bits per heavy atom. The Labute approximate surface area is 231 Å². The first-order valence-corrected chi connectivity index (χ1v) is 13.8. The van der Waals surface area contributed by atoms with Crippen LogP contribution >= 0.6 is 23.2 Å². The van der Waals surface area contributed by atoms with Crippen molar-refractivity contribution in [1.82, 2.24) is 9.29 Å². The summed E-state index contributed by atoms with van der Waals surface area (Å²) in [7, 11) is -4.49. The van der Waals surface area contributed by atoms with Gasteiger partial charge in [-0.3, -0.25) is 4.79 Å². The molecule has 12 heteroatoms. The van der Waals surface area contributed by atoms with E-state index < -0.39 is 38.3 Å². The third-order valence-electron chi connectivity index (χ3n) is 6.30. The van der Waals surface area contributed by atoms with Gasteiger partial charge in [-0.15, -0.1) is 0 Å². The summed E-state index contributed by atoms with van der Waals surface area (Å²) in [5.41, 5.74) is 3.41. The van der Waals surface area contributed by atoms with Crippen molar-refractivity contribution in [2.45, 2.75) is 24.5 Å². The number of fused-ring (bicyclic) bond motifs is 3. The van der Waals surface area contributed by atoms with Crippen LogP contribution in [0.4, 0.5) is 13.2 Å². The summed E-state index contributed by atoms with van der Waals surface area (Å²) in [6.45, 7) is 1.06. The number of nitrogens with zero attached hydrogens (tertiary/aromatic N) is 1. The van der Waals surface area contributed by atoms with Gasteiger partial charge in [-0.2, -0.15) is 0 Å². The van der Waals surface area contributed by atoms with Crippen LogP contribution in [0.2, 0.25) is 10.0 Å². The van der Waals surface area contributed by atoms with Crippen LogP contribution in [0.25, 0.3) is 17.0 Å². The molecule has 39 heavy (non-hydrogen) atoms. The van der Waals surface area contributed by atoms with Crippen LogP contribution in [0.1, 0.15) is 22.4 Å². The molecule has 3 aromatic carbocycles. The number of benzene rings is 3. The van der Waals surface area contributed by atoms with Crippen molar-refractivity contribution in [3.63, 3.8) is 0 Å². The summed E-state index contributed by atoms with van der Waals surface area (Å²) >= 11 is 12.5. The Balaban J connectivity index is 1.54. The van der Waals surface area contributed by atoms with E-state index in [9.17, 15) is 26.4 Å². The maximum Gasteiger partial charge on any atom is 0.264 e. The number of hydrogen-bond acceptors (Lipinski definition) is 4. The van der Waals surface area contributed by atoms with Gasteiger partial charge in [-0.25, -0.2) is 26.3 Å². The Bertz CT molecular complexity index is 1770. The largest absolute Gasteiger partial charge is 0.376 e. The van der Waals surface area contributed by atoms with Crippen molar-refractivity contribution in [3.05, 3.63) is 104 Å². The number of sulfonamides is 1. The van der Waals surface area contributed by atoms with Gasteiger partial charge in [0.1, 0.15) is 5.82 Å². The number of nitrogens with one attached hydrogen (secondary N) is 1. The number of carbonyl (C=O) groups is 1. The molecule has 0 unspecified atom stereocenters. The van der Waals surface area contributed by atoms with Crippen molar-refractivity contribution in [1.29, 1.82) is 0 Å². The van der Waals surface area contributed by atoms with Gasteiger partial charge in [-0.1, -0.05) is 29.3 Å². The van der Waals surface area contributed by atoms with E-state index in [0.29, 0.717) is 58.2 Å². The molecular weight excluding hydrogens is 576 g/mol. The second kappa shape index (κ2) is 10.7. The maximum absolute atomic E-state index is 14.7. The molecule has 1 N–H and O–H groups in total. The van der Waals surface area contributed by atoms with E-state index in [0.717, 1.165) is 29.0 Å². The summed E-state index contributed by atoms with van der Waals surface area (Å²) in [6, 6.07) is 9.66. The molecule has 0 saturated heterocycles. The summed E-state index contributed by atoms with van der Waals surface area (Å²) in [5.74, 6) is -4.24. The zero-order chi connectivity index (χ0) is 27.9. The third-order valence-corrected chi connectivity index (χ3v) is 8.23. The lowest BCUT2D eigenvalue weighted by Crippen LogP contribution is -2.29. The van der Waals surface area contributed by atoms with Gasteiger partial charge in [0.2, 0.25) is 0 Å². The number of hydrogen-bond donors (Lipinski definition) is 1. The molecule has 0 bridgehead atoms. The van der Waals surface area contributed by atoms with E-state index in [2.05, 4.69) is 0 Å². The fourth-order valence-corrected chi connectivity index (χ4v) is 5.98. The Morgan fingerprint density at radius 3 is 2.59 bits per heavy atom. The van der Waals surface area contributed by atoms with Gasteiger partial charge in [0.15, 0.2) is 11.6 Å². The molecule has 6 nitrogen and oxygen atoms in total. The van der Waals surface area contributed by atoms with E-state index in [1.807, 2.05) is 4.57 Å². The van der Waals surface area contributed by atoms with Gasteiger partial charge in [0, 0.05) is 51.3 Å². The Morgan fingerprint density at radius 1 is 1.05 bits per heavy atom. The van der Waals surface area contributed by atoms with Gasteiger partial charge >= 0.3 is 0 Å². The lowest BCUT2D eigenvalue weighted by Gasteiger charge is -2.17. The van der Waals surface area contributed by atoms with Crippen molar-refractivity contribution in [2.75, 3.05) is 6.61 Å². The minimum atomic E-state index is -4.49. The highest BCUT2D eigenvalue weighted by Gasteiger charge is 2.24. The highest BCUT2D eigenvalue weighted by atomic mass is 35.5. The molecule has 5 rings (SSSR count). The number of ether oxygens (including phenoxy) is 1. The molecule has 2 heterocycles. The molecule has 1 aliphatic rings. The Hall–Kier alpha value is -3.31. The molecule has 0 atom stereocenters. The fraction of sp³-hybridized carbons (Fsp3) is 0.148. The van der Waals surface area contributed by atoms with Crippen LogP contribution in [0.15, 0.2) is 59.5 Å². The highest BCUT2D eigenvalue weighted by molar-refractivity contribution is 7.90. The molecule has 1 amide bonds. The molecule has 1 aliphatic heterocycles. The first kappa shape index (κ1) is 27.3. The van der Waals surface area contributed by atoms with E-state index in [1.54, 1.807) is 22.9 Å². The van der Waals surface area contributed by atoms with Crippen LogP contribution < -0.4 is 4.72 Å². The predicted octanol–water partition coefficient (Wildman–Crippen LogP) is 6.00. The summed E-state index contributed by atoms with van der Waals surface area (Å²) in [4.78, 5) is 11.9. The van der Waals surface area contributed by atoms with E-state index in [-0.39, 0.29) is 6.61 Å². The van der Waals surface area contributed by atoms with Crippen molar-refractivity contribution < 1.29 is 31.1 Å². The number of halogens is 5. The first-order chi connectivity index (χ1) is 18.5. The van der Waals surface area contributed by atoms with Crippen molar-refractivity contribution in [3.8, 4) is 0 Å². The molecule has 0 saturated carbocycles. The minimum absolute atomic E-state index is 0.271. The van der Waals surface area contributed by atoms with Gasteiger partial charge in [0.05, 0.1) is 23.6 Å². The SMILES string of the molecule is O=C(/C=C/c1cc(F)cc2c3c(n(Cc4ccc(Cl)cc4Cl)c12)CCOC3)NS(=O)(=O)c1ccc(F)c(F)c1. The first-order valence-electron chi connectivity index (χ1n) is 11.6. The van der Waals surface area contributed by atoms with Crippen LogP contribution in [0, 0.1) is 17.5 Å². The monoisotopic (exact) mass is 594 g/mol. The van der Waals surface area contributed by atoms with Crippen LogP contribution in [-0.4, -0.2) is 25.5 Å². The normalized spacial score (nSPS) is 13.7. The second-order valence-electron chi connectivity index (χ2n) is 8.82. The second-order valence-corrected chi connectivity index (χ2v) is 11.3. The summed E-state index contributed by atoms with van der Waals surface area (Å²) in [5, 5.41) is 1.52. The highest BCUT2D eigenvalue weighted by Crippen LogP contribution is 2.35. The quantitative estimate of drug-likeness (QED) is 0.278. The summed E-state index contributed by atoms with van der Waals surface area (Å²) < 4.78 is 75.7. The fourth-order valence-electron chi connectivity index (χ4n) is 4.55. The number of amides is 1. The molecule has 0 radical (unpaired) electrons. The summed E-state index contributed by atoms with van der Waals surface area (Å²) in [6.07, 6.45) is 2.77. The zero-order valence-electron chi connectivity index (χ0n) is 20.0. The minimum Gasteiger partial charge on any atom is -0.376 e. The number of aromatic nitrogens is 1. The molecule has 202 valence electrons. The topological polar surface area (TPSA) is 77.4 Å². The molecule has 0 fully saturated rings. The third kappa shape index (κ3) is 5.56. The number of rotatable bonds is 6. The van der Waals surface area contributed by atoms with Crippen LogP contribution in [0.5, 0.6) is 0 Å². The molecule has 1 aromatic heterocycles. The molecule has 0 aliphatic carbocycles.